The summed E-state index contributed by atoms with van der Waals surface area (Å²) >= 11 is 0. The summed E-state index contributed by atoms with van der Waals surface area (Å²) < 4.78 is 5.15. The first-order valence-corrected chi connectivity index (χ1v) is 10.5. The van der Waals surface area contributed by atoms with Gasteiger partial charge in [-0.25, -0.2) is 4.79 Å². The van der Waals surface area contributed by atoms with Gasteiger partial charge in [0, 0.05) is 5.92 Å². The van der Waals surface area contributed by atoms with Crippen molar-refractivity contribution in [3.8, 4) is 0 Å². The van der Waals surface area contributed by atoms with Crippen LogP contribution in [-0.4, -0.2) is 55.6 Å². The van der Waals surface area contributed by atoms with Gasteiger partial charge < -0.3 is 20.3 Å². The molecule has 2 atom stereocenters. The third-order valence-electron chi connectivity index (χ3n) is 5.98. The molecule has 31 heavy (non-hydrogen) atoms. The summed E-state index contributed by atoms with van der Waals surface area (Å²) in [6.07, 6.45) is 1.91. The van der Waals surface area contributed by atoms with E-state index in [0.717, 1.165) is 18.4 Å². The van der Waals surface area contributed by atoms with E-state index in [0.29, 0.717) is 28.8 Å². The number of anilines is 1. The van der Waals surface area contributed by atoms with Gasteiger partial charge >= 0.3 is 5.97 Å². The van der Waals surface area contributed by atoms with Gasteiger partial charge in [0.1, 0.15) is 0 Å². The van der Waals surface area contributed by atoms with E-state index in [4.69, 9.17) is 10.5 Å². The Morgan fingerprint density at radius 2 is 1.84 bits per heavy atom. The number of likely N-dealkylation sites (tertiary alicyclic amines) is 1. The number of amides is 2. The van der Waals surface area contributed by atoms with Crippen LogP contribution < -0.4 is 11.1 Å². The monoisotopic (exact) mass is 424 g/mol. The lowest BCUT2D eigenvalue weighted by Crippen LogP contribution is -2.60. The normalized spacial score (nSPS) is 20.6. The van der Waals surface area contributed by atoms with Gasteiger partial charge in [0.05, 0.1) is 31.5 Å². The molecule has 1 aliphatic rings. The zero-order chi connectivity index (χ0) is 22.4. The molecular formula is C24H30N3O4+. The number of quaternary nitrogens is 1. The van der Waals surface area contributed by atoms with Gasteiger partial charge in [-0.2, -0.15) is 0 Å². The van der Waals surface area contributed by atoms with E-state index in [1.165, 1.54) is 12.7 Å². The van der Waals surface area contributed by atoms with Crippen molar-refractivity contribution in [1.29, 1.82) is 0 Å². The molecule has 0 aliphatic carbocycles. The minimum Gasteiger partial charge on any atom is -0.465 e. The van der Waals surface area contributed by atoms with Crippen molar-refractivity contribution in [3.05, 3.63) is 65.2 Å². The molecule has 2 unspecified atom stereocenters. The van der Waals surface area contributed by atoms with Crippen molar-refractivity contribution in [2.24, 2.45) is 5.73 Å². The molecule has 0 spiro atoms. The lowest BCUT2D eigenvalue weighted by atomic mass is 9.89. The number of nitrogens with zero attached hydrogens (tertiary/aromatic N) is 1. The molecule has 164 valence electrons. The number of methoxy groups -OCH3 is 1. The Bertz CT molecular complexity index is 961. The Hall–Kier alpha value is -3.19. The van der Waals surface area contributed by atoms with Crippen LogP contribution in [0.1, 0.15) is 40.2 Å². The van der Waals surface area contributed by atoms with Crippen LogP contribution in [0.15, 0.2) is 48.5 Å². The van der Waals surface area contributed by atoms with E-state index in [1.54, 1.807) is 12.1 Å². The number of carbonyl (C=O) groups excluding carboxylic acids is 3. The van der Waals surface area contributed by atoms with E-state index in [-0.39, 0.29) is 24.9 Å². The summed E-state index contributed by atoms with van der Waals surface area (Å²) in [5.41, 5.74) is 8.29. The number of benzene rings is 2. The minimum absolute atomic E-state index is 0.106. The van der Waals surface area contributed by atoms with Crippen molar-refractivity contribution < 1.29 is 23.6 Å². The van der Waals surface area contributed by atoms with Crippen molar-refractivity contribution in [1.82, 2.24) is 0 Å². The Morgan fingerprint density at radius 1 is 1.10 bits per heavy atom. The maximum atomic E-state index is 13.1. The Morgan fingerprint density at radius 3 is 2.52 bits per heavy atom. The molecular weight excluding hydrogens is 394 g/mol. The molecule has 0 aromatic heterocycles. The predicted octanol–water partition coefficient (Wildman–Crippen LogP) is 2.60. The van der Waals surface area contributed by atoms with E-state index in [1.807, 2.05) is 31.2 Å². The van der Waals surface area contributed by atoms with Crippen molar-refractivity contribution in [3.63, 3.8) is 0 Å². The molecule has 0 radical (unpaired) electrons. The SMILES string of the molecule is COC(=O)c1cccc(C)c1NC(=O)C[N+]1(CC(N)=O)CCCC(c2ccccc2)C1. The van der Waals surface area contributed by atoms with Gasteiger partial charge in [0.25, 0.3) is 11.8 Å². The highest BCUT2D eigenvalue weighted by Gasteiger charge is 2.39. The number of carbonyl (C=O) groups is 3. The average Bonchev–Trinajstić information content (AvgIpc) is 2.74. The number of piperidine rings is 1. The highest BCUT2D eigenvalue weighted by molar-refractivity contribution is 6.02. The lowest BCUT2D eigenvalue weighted by molar-refractivity contribution is -0.918. The van der Waals surface area contributed by atoms with Crippen molar-refractivity contribution in [2.45, 2.75) is 25.7 Å². The van der Waals surface area contributed by atoms with Gasteiger partial charge in [0.2, 0.25) is 0 Å². The Kier molecular flexibility index (Phi) is 7.07. The lowest BCUT2D eigenvalue weighted by Gasteiger charge is -2.43. The molecule has 1 aliphatic heterocycles. The maximum Gasteiger partial charge on any atom is 0.339 e. The molecule has 3 N–H and O–H groups in total. The van der Waals surface area contributed by atoms with Crippen LogP contribution in [0.3, 0.4) is 0 Å². The number of esters is 1. The minimum atomic E-state index is -0.512. The van der Waals surface area contributed by atoms with Gasteiger partial charge in [-0.1, -0.05) is 42.5 Å². The summed E-state index contributed by atoms with van der Waals surface area (Å²) in [6, 6.07) is 15.4. The number of nitrogens with two attached hydrogens (primary N) is 1. The number of aryl methyl sites for hydroxylation is 1. The van der Waals surface area contributed by atoms with Crippen molar-refractivity contribution >= 4 is 23.5 Å². The fraction of sp³-hybridized carbons (Fsp3) is 0.375. The van der Waals surface area contributed by atoms with Crippen LogP contribution in [0.4, 0.5) is 5.69 Å². The molecule has 1 fully saturated rings. The third kappa shape index (κ3) is 5.49. The van der Waals surface area contributed by atoms with Crippen LogP contribution in [0, 0.1) is 6.92 Å². The summed E-state index contributed by atoms with van der Waals surface area (Å²) in [5.74, 6) is -0.935. The standard InChI is InChI=1S/C24H29N3O4/c1-17-8-6-12-20(24(30)31-2)23(17)26-22(29)16-27(15-21(25)28)13-7-11-19(14-27)18-9-4-3-5-10-18/h3-6,8-10,12,19H,7,11,13-16H2,1-2H3,(H2-,25,26,28,29,30)/p+1. The fourth-order valence-corrected chi connectivity index (χ4v) is 4.59. The third-order valence-corrected chi connectivity index (χ3v) is 5.98. The molecule has 0 bridgehead atoms. The number of nitrogens with one attached hydrogen (secondary N) is 1. The van der Waals surface area contributed by atoms with E-state index in [2.05, 4.69) is 17.4 Å². The zero-order valence-electron chi connectivity index (χ0n) is 18.1. The Balaban J connectivity index is 1.83. The van der Waals surface area contributed by atoms with Gasteiger partial charge in [-0.05, 0) is 37.0 Å². The van der Waals surface area contributed by atoms with E-state index < -0.39 is 11.9 Å². The predicted molar refractivity (Wildman–Crippen MR) is 118 cm³/mol. The first-order valence-electron chi connectivity index (χ1n) is 10.5. The summed E-state index contributed by atoms with van der Waals surface area (Å²) in [5, 5.41) is 2.89. The first kappa shape index (κ1) is 22.5. The first-order chi connectivity index (χ1) is 14.8. The number of primary amides is 1. The van der Waals surface area contributed by atoms with Crippen LogP contribution in [0.5, 0.6) is 0 Å². The maximum absolute atomic E-state index is 13.1. The van der Waals surface area contributed by atoms with E-state index >= 15 is 0 Å². The molecule has 1 saturated heterocycles. The second-order valence-electron chi connectivity index (χ2n) is 8.32. The number of ether oxygens (including phenoxy) is 1. The molecule has 3 rings (SSSR count). The van der Waals surface area contributed by atoms with Gasteiger partial charge in [0.15, 0.2) is 13.1 Å². The van der Waals surface area contributed by atoms with Gasteiger partial charge in [-0.15, -0.1) is 0 Å². The highest BCUT2D eigenvalue weighted by Crippen LogP contribution is 2.31. The molecule has 2 amide bonds. The van der Waals surface area contributed by atoms with Crippen LogP contribution in [0.2, 0.25) is 0 Å². The quantitative estimate of drug-likeness (QED) is 0.527. The smallest absolute Gasteiger partial charge is 0.339 e. The largest absolute Gasteiger partial charge is 0.465 e. The second kappa shape index (κ2) is 9.75. The van der Waals surface area contributed by atoms with Gasteiger partial charge in [-0.3, -0.25) is 9.59 Å². The topological polar surface area (TPSA) is 98.5 Å². The fourth-order valence-electron chi connectivity index (χ4n) is 4.59. The average molecular weight is 425 g/mol. The number of rotatable bonds is 7. The number of para-hydroxylation sites is 1. The highest BCUT2D eigenvalue weighted by atomic mass is 16.5. The van der Waals surface area contributed by atoms with Crippen LogP contribution in [-0.2, 0) is 14.3 Å². The van der Waals surface area contributed by atoms with Crippen LogP contribution >= 0.6 is 0 Å². The van der Waals surface area contributed by atoms with E-state index in [9.17, 15) is 14.4 Å². The molecule has 7 nitrogen and oxygen atoms in total. The van der Waals surface area contributed by atoms with Crippen molar-refractivity contribution in [2.75, 3.05) is 38.6 Å². The molecule has 7 heteroatoms. The van der Waals surface area contributed by atoms with Crippen LogP contribution in [0.25, 0.3) is 0 Å². The number of hydrogen-bond acceptors (Lipinski definition) is 4. The summed E-state index contributed by atoms with van der Waals surface area (Å²) in [6.45, 7) is 3.41. The zero-order valence-corrected chi connectivity index (χ0v) is 18.1. The Labute approximate surface area is 182 Å². The number of hydrogen-bond donors (Lipinski definition) is 2. The molecule has 0 saturated carbocycles. The molecule has 2 aromatic carbocycles. The molecule has 1 heterocycles. The summed E-state index contributed by atoms with van der Waals surface area (Å²) in [4.78, 5) is 37.1. The second-order valence-corrected chi connectivity index (χ2v) is 8.32. The molecule has 2 aromatic rings. The summed E-state index contributed by atoms with van der Waals surface area (Å²) in [7, 11) is 1.31.